The summed E-state index contributed by atoms with van der Waals surface area (Å²) in [5, 5.41) is 0. The summed E-state index contributed by atoms with van der Waals surface area (Å²) in [6, 6.07) is 27.8. The molecule has 1 aliphatic carbocycles. The van der Waals surface area contributed by atoms with Crippen LogP contribution in [0.4, 0.5) is 0 Å². The summed E-state index contributed by atoms with van der Waals surface area (Å²) in [6.45, 7) is 2.64. The number of Topliss-reactive ketones (excluding diaryl/α,β-unsaturated/α-hetero) is 1. The Balaban J connectivity index is 1.56. The summed E-state index contributed by atoms with van der Waals surface area (Å²) in [4.78, 5) is 28.9. The molecule has 2 atom stereocenters. The highest BCUT2D eigenvalue weighted by molar-refractivity contribution is 6.14. The zero-order valence-electron chi connectivity index (χ0n) is 17.7. The van der Waals surface area contributed by atoms with E-state index in [4.69, 9.17) is 4.74 Å². The fraction of sp³-hybridized carbons (Fsp3) is 0.259. The van der Waals surface area contributed by atoms with Crippen LogP contribution in [-0.2, 0) is 21.5 Å². The van der Waals surface area contributed by atoms with Crippen LogP contribution in [0.25, 0.3) is 0 Å². The molecule has 3 aromatic carbocycles. The van der Waals surface area contributed by atoms with Crippen molar-refractivity contribution in [3.63, 3.8) is 0 Å². The summed E-state index contributed by atoms with van der Waals surface area (Å²) < 4.78 is 5.23. The minimum Gasteiger partial charge on any atom is -0.497 e. The minimum atomic E-state index is -1.04. The second-order valence-corrected chi connectivity index (χ2v) is 8.49. The van der Waals surface area contributed by atoms with Crippen LogP contribution in [0.2, 0.25) is 0 Å². The molecular formula is C27H25NO3. The smallest absolute Gasteiger partial charge is 0.238 e. The van der Waals surface area contributed by atoms with E-state index in [0.717, 1.165) is 22.4 Å². The van der Waals surface area contributed by atoms with Crippen molar-refractivity contribution in [3.05, 3.63) is 102 Å². The average molecular weight is 412 g/mol. The molecule has 1 aliphatic heterocycles. The molecule has 4 nitrogen and oxygen atoms in total. The lowest BCUT2D eigenvalue weighted by atomic mass is 9.77. The number of piperidine rings is 1. The zero-order chi connectivity index (χ0) is 21.6. The van der Waals surface area contributed by atoms with Crippen LogP contribution in [-0.4, -0.2) is 30.2 Å². The molecule has 2 unspecified atom stereocenters. The van der Waals surface area contributed by atoms with Crippen LogP contribution in [0.15, 0.2) is 84.9 Å². The van der Waals surface area contributed by atoms with Gasteiger partial charge in [-0.25, -0.2) is 0 Å². The van der Waals surface area contributed by atoms with Crippen LogP contribution in [0.5, 0.6) is 5.75 Å². The SMILES string of the molecule is COc1ccc(CN2CC3C(C(C)=O)(C2=O)C3(c2ccccc2)c2ccccc2)cc1. The number of ketones is 1. The van der Waals surface area contributed by atoms with Gasteiger partial charge >= 0.3 is 0 Å². The lowest BCUT2D eigenvalue weighted by molar-refractivity contribution is -0.140. The fourth-order valence-electron chi connectivity index (χ4n) is 5.88. The molecule has 1 saturated carbocycles. The summed E-state index contributed by atoms with van der Waals surface area (Å²) >= 11 is 0. The number of amides is 1. The van der Waals surface area contributed by atoms with Crippen molar-refractivity contribution in [1.82, 2.24) is 4.90 Å². The molecule has 1 heterocycles. The summed E-state index contributed by atoms with van der Waals surface area (Å²) in [5.41, 5.74) is 1.47. The maximum absolute atomic E-state index is 13.9. The van der Waals surface area contributed by atoms with E-state index in [1.807, 2.05) is 65.6 Å². The third kappa shape index (κ3) is 2.54. The maximum atomic E-state index is 13.9. The van der Waals surface area contributed by atoms with Crippen LogP contribution in [0.1, 0.15) is 23.6 Å². The molecule has 2 fully saturated rings. The first-order valence-electron chi connectivity index (χ1n) is 10.6. The molecule has 31 heavy (non-hydrogen) atoms. The first-order valence-corrected chi connectivity index (χ1v) is 10.6. The van der Waals surface area contributed by atoms with E-state index in [1.54, 1.807) is 14.0 Å². The Kier molecular flexibility index (Phi) is 4.47. The average Bonchev–Trinajstić information content (AvgIpc) is 3.33. The Morgan fingerprint density at radius 2 is 1.48 bits per heavy atom. The van der Waals surface area contributed by atoms with Crippen molar-refractivity contribution >= 4 is 11.7 Å². The highest BCUT2D eigenvalue weighted by Gasteiger charge is 2.87. The van der Waals surface area contributed by atoms with E-state index in [-0.39, 0.29) is 17.6 Å². The van der Waals surface area contributed by atoms with Crippen LogP contribution in [0.3, 0.4) is 0 Å². The number of carbonyl (C=O) groups excluding carboxylic acids is 2. The molecule has 2 aliphatic rings. The molecule has 156 valence electrons. The predicted molar refractivity (Wildman–Crippen MR) is 119 cm³/mol. The lowest BCUT2D eigenvalue weighted by Gasteiger charge is -2.31. The molecule has 0 radical (unpaired) electrons. The standard InChI is InChI=1S/C27H25NO3/c1-19(29)26-24(18-28(25(26)30)17-20-13-15-23(31-2)16-14-20)27(26,21-9-5-3-6-10-21)22-11-7-4-8-12-22/h3-16,24H,17-18H2,1-2H3. The van der Waals surface area contributed by atoms with Gasteiger partial charge in [0.2, 0.25) is 5.91 Å². The Morgan fingerprint density at radius 1 is 0.935 bits per heavy atom. The fourth-order valence-corrected chi connectivity index (χ4v) is 5.88. The molecule has 1 saturated heterocycles. The molecule has 4 heteroatoms. The molecule has 5 rings (SSSR count). The van der Waals surface area contributed by atoms with Crippen LogP contribution in [0, 0.1) is 11.3 Å². The number of likely N-dealkylation sites (tertiary alicyclic amines) is 1. The molecule has 0 aromatic heterocycles. The van der Waals surface area contributed by atoms with Crippen molar-refractivity contribution in [2.75, 3.05) is 13.7 Å². The number of hydrogen-bond donors (Lipinski definition) is 0. The number of carbonyl (C=O) groups is 2. The molecule has 3 aromatic rings. The Hall–Kier alpha value is -3.40. The van der Waals surface area contributed by atoms with Crippen molar-refractivity contribution < 1.29 is 14.3 Å². The second kappa shape index (κ2) is 7.09. The van der Waals surface area contributed by atoms with Gasteiger partial charge in [0, 0.05) is 24.4 Å². The van der Waals surface area contributed by atoms with Gasteiger partial charge < -0.3 is 9.64 Å². The monoisotopic (exact) mass is 411 g/mol. The van der Waals surface area contributed by atoms with E-state index >= 15 is 0 Å². The number of rotatable bonds is 6. The summed E-state index contributed by atoms with van der Waals surface area (Å²) in [7, 11) is 1.63. The van der Waals surface area contributed by atoms with Gasteiger partial charge in [0.05, 0.1) is 7.11 Å². The number of nitrogens with zero attached hydrogens (tertiary/aromatic N) is 1. The Morgan fingerprint density at radius 3 is 1.94 bits per heavy atom. The Bertz CT molecular complexity index is 1080. The summed E-state index contributed by atoms with van der Waals surface area (Å²) in [5.74, 6) is 0.598. The normalized spacial score (nSPS) is 23.4. The first kappa shape index (κ1) is 19.6. The van der Waals surface area contributed by atoms with Crippen molar-refractivity contribution in [1.29, 1.82) is 0 Å². The molecule has 0 spiro atoms. The van der Waals surface area contributed by atoms with Crippen LogP contribution < -0.4 is 4.74 Å². The van der Waals surface area contributed by atoms with Gasteiger partial charge in [-0.15, -0.1) is 0 Å². The van der Waals surface area contributed by atoms with Gasteiger partial charge in [0.15, 0.2) is 0 Å². The van der Waals surface area contributed by atoms with Gasteiger partial charge in [-0.05, 0) is 35.7 Å². The van der Waals surface area contributed by atoms with Gasteiger partial charge in [0.25, 0.3) is 0 Å². The molecule has 0 bridgehead atoms. The van der Waals surface area contributed by atoms with Gasteiger partial charge in [-0.3, -0.25) is 9.59 Å². The zero-order valence-corrected chi connectivity index (χ0v) is 17.7. The van der Waals surface area contributed by atoms with E-state index in [9.17, 15) is 9.59 Å². The minimum absolute atomic E-state index is 0.0487. The van der Waals surface area contributed by atoms with Gasteiger partial charge in [-0.2, -0.15) is 0 Å². The highest BCUT2D eigenvalue weighted by Crippen LogP contribution is 2.76. The third-order valence-electron chi connectivity index (χ3n) is 7.16. The number of ether oxygens (including phenoxy) is 1. The second-order valence-electron chi connectivity index (χ2n) is 8.49. The number of hydrogen-bond acceptors (Lipinski definition) is 3. The highest BCUT2D eigenvalue weighted by atomic mass is 16.5. The number of fused-ring (bicyclic) bond motifs is 1. The number of methoxy groups -OCH3 is 1. The quantitative estimate of drug-likeness (QED) is 0.571. The molecular weight excluding hydrogens is 386 g/mol. The number of benzene rings is 3. The lowest BCUT2D eigenvalue weighted by Crippen LogP contribution is -2.42. The predicted octanol–water partition coefficient (Wildman–Crippen LogP) is 4.23. The van der Waals surface area contributed by atoms with E-state index in [2.05, 4.69) is 24.3 Å². The maximum Gasteiger partial charge on any atom is 0.238 e. The first-order chi connectivity index (χ1) is 15.1. The third-order valence-corrected chi connectivity index (χ3v) is 7.16. The summed E-state index contributed by atoms with van der Waals surface area (Å²) in [6.07, 6.45) is 0. The van der Waals surface area contributed by atoms with E-state index < -0.39 is 10.8 Å². The van der Waals surface area contributed by atoms with Gasteiger partial charge in [0.1, 0.15) is 16.9 Å². The van der Waals surface area contributed by atoms with Crippen LogP contribution >= 0.6 is 0 Å². The Labute approximate surface area is 182 Å². The van der Waals surface area contributed by atoms with Crippen molar-refractivity contribution in [3.8, 4) is 5.75 Å². The van der Waals surface area contributed by atoms with Crippen molar-refractivity contribution in [2.45, 2.75) is 18.9 Å². The topological polar surface area (TPSA) is 46.6 Å². The largest absolute Gasteiger partial charge is 0.497 e. The molecule has 0 N–H and O–H groups in total. The molecule has 1 amide bonds. The van der Waals surface area contributed by atoms with Gasteiger partial charge in [-0.1, -0.05) is 72.8 Å². The van der Waals surface area contributed by atoms with Crippen molar-refractivity contribution in [2.24, 2.45) is 11.3 Å². The van der Waals surface area contributed by atoms with E-state index in [0.29, 0.717) is 13.1 Å². The van der Waals surface area contributed by atoms with E-state index in [1.165, 1.54) is 0 Å².